The van der Waals surface area contributed by atoms with Gasteiger partial charge in [0.05, 0.1) is 12.0 Å². The summed E-state index contributed by atoms with van der Waals surface area (Å²) in [5, 5.41) is 0. The number of hydrogen-bond acceptors (Lipinski definition) is 2. The molecule has 0 aromatic heterocycles. The molecule has 0 spiro atoms. The molecule has 1 aliphatic carbocycles. The lowest BCUT2D eigenvalue weighted by molar-refractivity contribution is -0.134. The Morgan fingerprint density at radius 1 is 1.57 bits per heavy atom. The maximum absolute atomic E-state index is 12.1. The fourth-order valence-corrected chi connectivity index (χ4v) is 2.69. The maximum atomic E-state index is 12.1. The first-order chi connectivity index (χ1) is 6.67. The number of ketones is 1. The van der Waals surface area contributed by atoms with E-state index in [0.717, 1.165) is 12.8 Å². The Kier molecular flexibility index (Phi) is 4.11. The third-order valence-corrected chi connectivity index (χ3v) is 3.64. The predicted octanol–water partition coefficient (Wildman–Crippen LogP) is 2.81. The summed E-state index contributed by atoms with van der Waals surface area (Å²) in [6.45, 7) is 4.88. The first-order valence-electron chi connectivity index (χ1n) is 5.69. The summed E-state index contributed by atoms with van der Waals surface area (Å²) in [6, 6.07) is 0. The van der Waals surface area contributed by atoms with Gasteiger partial charge in [0, 0.05) is 13.5 Å². The summed E-state index contributed by atoms with van der Waals surface area (Å²) in [6.07, 6.45) is 5.06. The molecule has 0 heterocycles. The van der Waals surface area contributed by atoms with Crippen LogP contribution in [-0.2, 0) is 9.53 Å². The van der Waals surface area contributed by atoms with E-state index in [-0.39, 0.29) is 5.41 Å². The Labute approximate surface area is 87.0 Å². The monoisotopic (exact) mass is 198 g/mol. The highest BCUT2D eigenvalue weighted by molar-refractivity contribution is 5.85. The molecule has 2 unspecified atom stereocenters. The van der Waals surface area contributed by atoms with Gasteiger partial charge in [0.1, 0.15) is 5.78 Å². The highest BCUT2D eigenvalue weighted by Crippen LogP contribution is 2.44. The maximum Gasteiger partial charge on any atom is 0.141 e. The molecule has 0 aromatic carbocycles. The summed E-state index contributed by atoms with van der Waals surface area (Å²) in [7, 11) is 1.70. The van der Waals surface area contributed by atoms with E-state index in [4.69, 9.17) is 4.74 Å². The molecular weight excluding hydrogens is 176 g/mol. The molecule has 1 fully saturated rings. The van der Waals surface area contributed by atoms with Gasteiger partial charge in [-0.15, -0.1) is 0 Å². The lowest BCUT2D eigenvalue weighted by Gasteiger charge is -2.31. The highest BCUT2D eigenvalue weighted by atomic mass is 16.5. The number of Topliss-reactive ketones (excluding diaryl/α,β-unsaturated/α-hetero) is 1. The van der Waals surface area contributed by atoms with E-state index < -0.39 is 0 Å². The van der Waals surface area contributed by atoms with Crippen molar-refractivity contribution in [3.8, 4) is 0 Å². The van der Waals surface area contributed by atoms with E-state index in [1.807, 2.05) is 0 Å². The molecule has 2 atom stereocenters. The van der Waals surface area contributed by atoms with Crippen LogP contribution in [0.25, 0.3) is 0 Å². The first-order valence-corrected chi connectivity index (χ1v) is 5.69. The Balaban J connectivity index is 2.75. The smallest absolute Gasteiger partial charge is 0.141 e. The fraction of sp³-hybridized carbons (Fsp3) is 0.917. The van der Waals surface area contributed by atoms with Gasteiger partial charge in [0.25, 0.3) is 0 Å². The number of carbonyl (C=O) groups excluding carboxylic acids is 1. The summed E-state index contributed by atoms with van der Waals surface area (Å²) in [5.41, 5.74) is -0.148. The van der Waals surface area contributed by atoms with Crippen molar-refractivity contribution >= 4 is 5.78 Å². The Bertz CT molecular complexity index is 200. The lowest BCUT2D eigenvalue weighted by atomic mass is 9.74. The van der Waals surface area contributed by atoms with Crippen molar-refractivity contribution in [1.82, 2.24) is 0 Å². The van der Waals surface area contributed by atoms with E-state index in [9.17, 15) is 4.79 Å². The standard InChI is InChI=1S/C12H22O2/c1-4-6-11(13)12(9-14-3)8-5-7-10(12)2/h10H,4-9H2,1-3H3. The summed E-state index contributed by atoms with van der Waals surface area (Å²) in [4.78, 5) is 12.1. The van der Waals surface area contributed by atoms with Crippen LogP contribution in [-0.4, -0.2) is 19.5 Å². The largest absolute Gasteiger partial charge is 0.384 e. The molecule has 0 radical (unpaired) electrons. The quantitative estimate of drug-likeness (QED) is 0.679. The number of ether oxygens (including phenoxy) is 1. The molecular formula is C12H22O2. The van der Waals surface area contributed by atoms with Crippen LogP contribution in [0, 0.1) is 11.3 Å². The number of methoxy groups -OCH3 is 1. The highest BCUT2D eigenvalue weighted by Gasteiger charge is 2.45. The van der Waals surface area contributed by atoms with Crippen molar-refractivity contribution in [3.05, 3.63) is 0 Å². The molecule has 0 bridgehead atoms. The van der Waals surface area contributed by atoms with Crippen LogP contribution in [0.2, 0.25) is 0 Å². The van der Waals surface area contributed by atoms with Crippen LogP contribution >= 0.6 is 0 Å². The van der Waals surface area contributed by atoms with Gasteiger partial charge in [-0.25, -0.2) is 0 Å². The lowest BCUT2D eigenvalue weighted by Crippen LogP contribution is -2.38. The molecule has 2 nitrogen and oxygen atoms in total. The van der Waals surface area contributed by atoms with Crippen molar-refractivity contribution in [2.75, 3.05) is 13.7 Å². The van der Waals surface area contributed by atoms with Crippen molar-refractivity contribution in [1.29, 1.82) is 0 Å². The SMILES string of the molecule is CCCC(=O)C1(COC)CCCC1C. The molecule has 0 amide bonds. The van der Waals surface area contributed by atoms with E-state index in [2.05, 4.69) is 13.8 Å². The molecule has 1 aliphatic rings. The second kappa shape index (κ2) is 4.92. The average Bonchev–Trinajstić information content (AvgIpc) is 2.50. The Morgan fingerprint density at radius 3 is 2.71 bits per heavy atom. The second-order valence-electron chi connectivity index (χ2n) is 4.56. The van der Waals surface area contributed by atoms with E-state index in [1.165, 1.54) is 12.8 Å². The summed E-state index contributed by atoms with van der Waals surface area (Å²) < 4.78 is 5.25. The molecule has 0 aromatic rings. The van der Waals surface area contributed by atoms with Crippen molar-refractivity contribution in [2.45, 2.75) is 46.0 Å². The fourth-order valence-electron chi connectivity index (χ4n) is 2.69. The van der Waals surface area contributed by atoms with E-state index in [0.29, 0.717) is 24.7 Å². The van der Waals surface area contributed by atoms with Gasteiger partial charge < -0.3 is 4.74 Å². The van der Waals surface area contributed by atoms with Crippen molar-refractivity contribution in [3.63, 3.8) is 0 Å². The van der Waals surface area contributed by atoms with Gasteiger partial charge in [0.2, 0.25) is 0 Å². The molecule has 14 heavy (non-hydrogen) atoms. The number of carbonyl (C=O) groups is 1. The normalized spacial score (nSPS) is 32.1. The van der Waals surface area contributed by atoms with Crippen LogP contribution < -0.4 is 0 Å². The van der Waals surface area contributed by atoms with Gasteiger partial charge in [0.15, 0.2) is 0 Å². The first kappa shape index (κ1) is 11.7. The van der Waals surface area contributed by atoms with E-state index >= 15 is 0 Å². The minimum atomic E-state index is -0.148. The van der Waals surface area contributed by atoms with Gasteiger partial charge in [-0.05, 0) is 25.2 Å². The average molecular weight is 198 g/mol. The van der Waals surface area contributed by atoms with Crippen LogP contribution in [0.5, 0.6) is 0 Å². The van der Waals surface area contributed by atoms with Crippen LogP contribution in [0.3, 0.4) is 0 Å². The summed E-state index contributed by atoms with van der Waals surface area (Å²) in [5.74, 6) is 0.924. The molecule has 1 saturated carbocycles. The minimum Gasteiger partial charge on any atom is -0.384 e. The summed E-state index contributed by atoms with van der Waals surface area (Å²) >= 11 is 0. The van der Waals surface area contributed by atoms with Gasteiger partial charge in [-0.2, -0.15) is 0 Å². The predicted molar refractivity (Wildman–Crippen MR) is 57.2 cm³/mol. The number of hydrogen-bond donors (Lipinski definition) is 0. The molecule has 0 aliphatic heterocycles. The molecule has 1 rings (SSSR count). The van der Waals surface area contributed by atoms with Gasteiger partial charge in [-0.3, -0.25) is 4.79 Å². The van der Waals surface area contributed by atoms with Crippen LogP contribution in [0.1, 0.15) is 46.0 Å². The Morgan fingerprint density at radius 2 is 2.29 bits per heavy atom. The molecule has 2 heteroatoms. The third-order valence-electron chi connectivity index (χ3n) is 3.64. The third kappa shape index (κ3) is 2.00. The number of rotatable bonds is 5. The minimum absolute atomic E-state index is 0.148. The second-order valence-corrected chi connectivity index (χ2v) is 4.56. The Hall–Kier alpha value is -0.370. The van der Waals surface area contributed by atoms with Crippen molar-refractivity contribution < 1.29 is 9.53 Å². The van der Waals surface area contributed by atoms with Crippen molar-refractivity contribution in [2.24, 2.45) is 11.3 Å². The zero-order chi connectivity index (χ0) is 10.6. The zero-order valence-corrected chi connectivity index (χ0v) is 9.64. The van der Waals surface area contributed by atoms with Gasteiger partial charge >= 0.3 is 0 Å². The molecule has 0 saturated heterocycles. The molecule has 0 N–H and O–H groups in total. The topological polar surface area (TPSA) is 26.3 Å². The van der Waals surface area contributed by atoms with Crippen LogP contribution in [0.4, 0.5) is 0 Å². The van der Waals surface area contributed by atoms with E-state index in [1.54, 1.807) is 7.11 Å². The van der Waals surface area contributed by atoms with Gasteiger partial charge in [-0.1, -0.05) is 20.3 Å². The zero-order valence-electron chi connectivity index (χ0n) is 9.64. The van der Waals surface area contributed by atoms with Crippen LogP contribution in [0.15, 0.2) is 0 Å². The molecule has 82 valence electrons.